The Labute approximate surface area is 120 Å². The van der Waals surface area contributed by atoms with Crippen LogP contribution in [-0.4, -0.2) is 4.20 Å². The lowest BCUT2D eigenvalue weighted by Crippen LogP contribution is -1.83. The maximum atomic E-state index is 4.83. The number of thiol groups is 1. The summed E-state index contributed by atoms with van der Waals surface area (Å²) in [4.78, 5) is 0. The predicted molar refractivity (Wildman–Crippen MR) is 87.6 cm³/mol. The number of rotatable bonds is 3. The summed E-state index contributed by atoms with van der Waals surface area (Å²) in [5, 5.41) is 0. The molecule has 0 nitrogen and oxygen atoms in total. The molecule has 0 saturated heterocycles. The summed E-state index contributed by atoms with van der Waals surface area (Å²) in [6.07, 6.45) is 2.45. The minimum Gasteiger partial charge on any atom is -0.131 e. The summed E-state index contributed by atoms with van der Waals surface area (Å²) in [5.41, 5.74) is 2.45. The topological polar surface area (TPSA) is 0 Å². The fourth-order valence-corrected chi connectivity index (χ4v) is 1.80. The van der Waals surface area contributed by atoms with Gasteiger partial charge in [-0.15, -0.1) is 12.6 Å². The number of thiocarbonyl (C=S) groups is 1. The Hall–Kier alpha value is -1.12. The third-order valence-electron chi connectivity index (χ3n) is 2.40. The monoisotopic (exact) mass is 274 g/mol. The van der Waals surface area contributed by atoms with E-state index in [0.717, 1.165) is 5.56 Å². The molecule has 2 aromatic rings. The van der Waals surface area contributed by atoms with Gasteiger partial charge in [-0.2, -0.15) is 0 Å². The molecule has 0 aliphatic carbocycles. The molecule has 0 aromatic heterocycles. The van der Waals surface area contributed by atoms with E-state index < -0.39 is 0 Å². The molecule has 0 bridgehead atoms. The Balaban J connectivity index is 0.000000180. The van der Waals surface area contributed by atoms with Crippen LogP contribution >= 0.6 is 24.8 Å². The molecule has 2 rings (SSSR count). The van der Waals surface area contributed by atoms with Crippen molar-refractivity contribution in [3.63, 3.8) is 0 Å². The smallest absolute Gasteiger partial charge is 0.0747 e. The van der Waals surface area contributed by atoms with Crippen molar-refractivity contribution in [2.45, 2.75) is 19.8 Å². The zero-order valence-electron chi connectivity index (χ0n) is 10.5. The van der Waals surface area contributed by atoms with Gasteiger partial charge in [-0.3, -0.25) is 0 Å². The van der Waals surface area contributed by atoms with E-state index in [1.54, 1.807) is 0 Å². The summed E-state index contributed by atoms with van der Waals surface area (Å²) in [7, 11) is 0. The van der Waals surface area contributed by atoms with Gasteiger partial charge in [0.1, 0.15) is 0 Å². The Morgan fingerprint density at radius 1 is 0.944 bits per heavy atom. The van der Waals surface area contributed by atoms with Gasteiger partial charge in [-0.05, 0) is 17.5 Å². The minimum absolute atomic E-state index is 0.649. The molecular formula is C16H18S2. The van der Waals surface area contributed by atoms with Gasteiger partial charge < -0.3 is 0 Å². The van der Waals surface area contributed by atoms with Crippen LogP contribution in [0.25, 0.3) is 0 Å². The van der Waals surface area contributed by atoms with Crippen LogP contribution in [0.5, 0.6) is 0 Å². The van der Waals surface area contributed by atoms with E-state index in [4.69, 9.17) is 12.2 Å². The number of hydrogen-bond acceptors (Lipinski definition) is 1. The predicted octanol–water partition coefficient (Wildman–Crippen LogP) is 4.93. The standard InChI is InChI=1S/C9H12.C7H6S2/c1-2-6-9-7-4-3-5-8-9;8-7(9)6-4-2-1-3-5-6/h3-5,7-8H,2,6H2,1H3;1-5H,(H,8,9). The largest absolute Gasteiger partial charge is 0.131 e. The van der Waals surface area contributed by atoms with Gasteiger partial charge in [0.2, 0.25) is 0 Å². The van der Waals surface area contributed by atoms with Crippen molar-refractivity contribution in [1.82, 2.24) is 0 Å². The quantitative estimate of drug-likeness (QED) is 0.611. The lowest BCUT2D eigenvalue weighted by molar-refractivity contribution is 0.922. The molecule has 0 aliphatic heterocycles. The van der Waals surface area contributed by atoms with Crippen LogP contribution in [-0.2, 0) is 6.42 Å². The molecule has 0 aliphatic rings. The highest BCUT2D eigenvalue weighted by Gasteiger charge is 1.89. The average molecular weight is 274 g/mol. The number of aryl methyl sites for hydroxylation is 1. The van der Waals surface area contributed by atoms with E-state index in [2.05, 4.69) is 49.9 Å². The zero-order valence-corrected chi connectivity index (χ0v) is 12.3. The van der Waals surface area contributed by atoms with Crippen molar-refractivity contribution in [2.24, 2.45) is 0 Å². The first-order valence-electron chi connectivity index (χ1n) is 6.06. The molecule has 94 valence electrons. The Morgan fingerprint density at radius 2 is 1.44 bits per heavy atom. The van der Waals surface area contributed by atoms with E-state index in [1.807, 2.05) is 30.3 Å². The summed E-state index contributed by atoms with van der Waals surface area (Å²) in [6.45, 7) is 2.20. The molecule has 0 N–H and O–H groups in total. The zero-order chi connectivity index (χ0) is 13.2. The van der Waals surface area contributed by atoms with E-state index in [0.29, 0.717) is 4.20 Å². The van der Waals surface area contributed by atoms with Gasteiger partial charge in [0.05, 0.1) is 4.20 Å². The Kier molecular flexibility index (Phi) is 7.38. The molecule has 0 heterocycles. The molecule has 18 heavy (non-hydrogen) atoms. The average Bonchev–Trinajstić information content (AvgIpc) is 2.42. The second-order valence-electron chi connectivity index (χ2n) is 3.91. The molecule has 0 radical (unpaired) electrons. The first-order valence-corrected chi connectivity index (χ1v) is 6.92. The van der Waals surface area contributed by atoms with Gasteiger partial charge in [0, 0.05) is 0 Å². The van der Waals surface area contributed by atoms with Crippen molar-refractivity contribution in [3.8, 4) is 0 Å². The van der Waals surface area contributed by atoms with Gasteiger partial charge in [0.15, 0.2) is 0 Å². The summed E-state index contributed by atoms with van der Waals surface area (Å²) in [5.74, 6) is 0. The summed E-state index contributed by atoms with van der Waals surface area (Å²) in [6, 6.07) is 20.3. The summed E-state index contributed by atoms with van der Waals surface area (Å²) >= 11 is 8.85. The second kappa shape index (κ2) is 8.90. The second-order valence-corrected chi connectivity index (χ2v) is 5.06. The van der Waals surface area contributed by atoms with Crippen molar-refractivity contribution in [2.75, 3.05) is 0 Å². The highest BCUT2D eigenvalue weighted by Crippen LogP contribution is 2.02. The van der Waals surface area contributed by atoms with Crippen LogP contribution in [0.4, 0.5) is 0 Å². The van der Waals surface area contributed by atoms with Gasteiger partial charge in [-0.25, -0.2) is 0 Å². The van der Waals surface area contributed by atoms with E-state index >= 15 is 0 Å². The van der Waals surface area contributed by atoms with E-state index in [1.165, 1.54) is 18.4 Å². The van der Waals surface area contributed by atoms with Gasteiger partial charge >= 0.3 is 0 Å². The van der Waals surface area contributed by atoms with Crippen molar-refractivity contribution in [1.29, 1.82) is 0 Å². The SMILES string of the molecule is CCCc1ccccc1.S=C(S)c1ccccc1. The molecule has 2 heteroatoms. The highest BCUT2D eigenvalue weighted by molar-refractivity contribution is 8.11. The van der Waals surface area contributed by atoms with E-state index in [-0.39, 0.29) is 0 Å². The normalized spacial score (nSPS) is 9.22. The first kappa shape index (κ1) is 14.9. The highest BCUT2D eigenvalue weighted by atomic mass is 32.1. The minimum atomic E-state index is 0.649. The molecular weight excluding hydrogens is 256 g/mol. The third kappa shape index (κ3) is 5.99. The molecule has 0 saturated carbocycles. The van der Waals surface area contributed by atoms with Crippen molar-refractivity contribution >= 4 is 29.0 Å². The maximum Gasteiger partial charge on any atom is 0.0747 e. The van der Waals surface area contributed by atoms with Crippen LogP contribution in [0, 0.1) is 0 Å². The first-order chi connectivity index (χ1) is 8.74. The third-order valence-corrected chi connectivity index (χ3v) is 2.90. The number of hydrogen-bond donors (Lipinski definition) is 1. The van der Waals surface area contributed by atoms with E-state index in [9.17, 15) is 0 Å². The molecule has 0 spiro atoms. The molecule has 0 unspecified atom stereocenters. The Morgan fingerprint density at radius 3 is 1.83 bits per heavy atom. The fourth-order valence-electron chi connectivity index (χ4n) is 1.51. The van der Waals surface area contributed by atoms with Crippen LogP contribution in [0.1, 0.15) is 24.5 Å². The van der Waals surface area contributed by atoms with Gasteiger partial charge in [-0.1, -0.05) is 86.2 Å². The molecule has 0 amide bonds. The Bertz CT molecular complexity index is 449. The molecule has 0 fully saturated rings. The maximum absolute atomic E-state index is 4.83. The lowest BCUT2D eigenvalue weighted by atomic mass is 10.1. The lowest BCUT2D eigenvalue weighted by Gasteiger charge is -1.93. The van der Waals surface area contributed by atoms with Crippen LogP contribution in [0.15, 0.2) is 60.7 Å². The van der Waals surface area contributed by atoms with Crippen LogP contribution < -0.4 is 0 Å². The van der Waals surface area contributed by atoms with Crippen LogP contribution in [0.3, 0.4) is 0 Å². The van der Waals surface area contributed by atoms with Crippen LogP contribution in [0.2, 0.25) is 0 Å². The van der Waals surface area contributed by atoms with Gasteiger partial charge in [0.25, 0.3) is 0 Å². The van der Waals surface area contributed by atoms with Crippen molar-refractivity contribution in [3.05, 3.63) is 71.8 Å². The molecule has 0 atom stereocenters. The number of benzene rings is 2. The molecule has 2 aromatic carbocycles. The van der Waals surface area contributed by atoms with Crippen molar-refractivity contribution < 1.29 is 0 Å². The fraction of sp³-hybridized carbons (Fsp3) is 0.188. The summed E-state index contributed by atoms with van der Waals surface area (Å²) < 4.78 is 0.649.